The van der Waals surface area contributed by atoms with Gasteiger partial charge in [-0.25, -0.2) is 8.42 Å². The lowest BCUT2D eigenvalue weighted by Gasteiger charge is -2.20. The first-order valence-corrected chi connectivity index (χ1v) is 6.31. The number of nitrogens with zero attached hydrogens (tertiary/aromatic N) is 3. The van der Waals surface area contributed by atoms with Crippen LogP contribution in [0, 0.1) is 22.7 Å². The van der Waals surface area contributed by atoms with Crippen molar-refractivity contribution in [3.05, 3.63) is 29.8 Å². The van der Waals surface area contributed by atoms with Gasteiger partial charge in [-0.2, -0.15) is 10.5 Å². The average molecular weight is 249 g/mol. The van der Waals surface area contributed by atoms with E-state index in [1.807, 2.05) is 6.07 Å². The average Bonchev–Trinajstić information content (AvgIpc) is 2.36. The molecule has 1 atom stereocenters. The van der Waals surface area contributed by atoms with E-state index >= 15 is 0 Å². The van der Waals surface area contributed by atoms with Crippen LogP contribution in [-0.4, -0.2) is 20.7 Å². The second-order valence-electron chi connectivity index (χ2n) is 3.44. The van der Waals surface area contributed by atoms with E-state index in [0.717, 1.165) is 4.31 Å². The molecule has 0 radical (unpaired) electrons. The molecule has 1 aromatic carbocycles. The summed E-state index contributed by atoms with van der Waals surface area (Å²) in [4.78, 5) is 0. The summed E-state index contributed by atoms with van der Waals surface area (Å²) in [6, 6.07) is 9.75. The fraction of sp³-hybridized carbons (Fsp3) is 0.273. The highest BCUT2D eigenvalue weighted by Gasteiger charge is 2.25. The Morgan fingerprint density at radius 1 is 1.24 bits per heavy atom. The van der Waals surface area contributed by atoms with E-state index in [1.54, 1.807) is 6.07 Å². The summed E-state index contributed by atoms with van der Waals surface area (Å²) >= 11 is 0. The van der Waals surface area contributed by atoms with Crippen LogP contribution in [0.4, 0.5) is 5.69 Å². The van der Waals surface area contributed by atoms with Crippen molar-refractivity contribution < 1.29 is 8.42 Å². The molecule has 0 spiro atoms. The Morgan fingerprint density at radius 3 is 2.18 bits per heavy atom. The summed E-state index contributed by atoms with van der Waals surface area (Å²) in [6.07, 6.45) is 0. The first-order chi connectivity index (χ1) is 7.93. The first-order valence-electron chi connectivity index (χ1n) is 4.81. The van der Waals surface area contributed by atoms with E-state index in [1.165, 1.54) is 38.2 Å². The second kappa shape index (κ2) is 4.86. The van der Waals surface area contributed by atoms with Gasteiger partial charge in [-0.3, -0.25) is 4.31 Å². The zero-order chi connectivity index (χ0) is 13.1. The van der Waals surface area contributed by atoms with Gasteiger partial charge in [-0.15, -0.1) is 0 Å². The molecule has 6 heteroatoms. The number of sulfonamides is 1. The zero-order valence-electron chi connectivity index (χ0n) is 9.45. The molecule has 0 saturated heterocycles. The molecule has 1 aromatic rings. The quantitative estimate of drug-likeness (QED) is 0.806. The van der Waals surface area contributed by atoms with E-state index in [4.69, 9.17) is 10.5 Å². The molecule has 5 nitrogen and oxygen atoms in total. The van der Waals surface area contributed by atoms with Gasteiger partial charge in [0.05, 0.1) is 23.4 Å². The van der Waals surface area contributed by atoms with Crippen LogP contribution in [0.3, 0.4) is 0 Å². The van der Waals surface area contributed by atoms with Gasteiger partial charge in [0.1, 0.15) is 0 Å². The minimum absolute atomic E-state index is 0.422. The molecule has 0 aliphatic rings. The fourth-order valence-electron chi connectivity index (χ4n) is 1.20. The summed E-state index contributed by atoms with van der Waals surface area (Å²) in [5.41, 5.74) is 0.874. The Kier molecular flexibility index (Phi) is 3.72. The van der Waals surface area contributed by atoms with Crippen LogP contribution >= 0.6 is 0 Å². The van der Waals surface area contributed by atoms with Crippen molar-refractivity contribution in [1.29, 1.82) is 10.5 Å². The highest BCUT2D eigenvalue weighted by atomic mass is 32.2. The molecule has 0 fully saturated rings. The summed E-state index contributed by atoms with van der Waals surface area (Å²) in [7, 11) is -2.29. The van der Waals surface area contributed by atoms with E-state index in [9.17, 15) is 8.42 Å². The Morgan fingerprint density at radius 2 is 1.76 bits per heavy atom. The van der Waals surface area contributed by atoms with Crippen LogP contribution in [-0.2, 0) is 10.0 Å². The van der Waals surface area contributed by atoms with Crippen molar-refractivity contribution in [1.82, 2.24) is 0 Å². The summed E-state index contributed by atoms with van der Waals surface area (Å²) in [6.45, 7) is 1.33. The number of nitriles is 2. The lowest BCUT2D eigenvalue weighted by Crippen LogP contribution is -2.33. The topological polar surface area (TPSA) is 85.0 Å². The number of hydrogen-bond acceptors (Lipinski definition) is 4. The van der Waals surface area contributed by atoms with E-state index in [0.29, 0.717) is 11.3 Å². The van der Waals surface area contributed by atoms with Gasteiger partial charge in [-0.05, 0) is 31.2 Å². The number of anilines is 1. The van der Waals surface area contributed by atoms with Gasteiger partial charge < -0.3 is 0 Å². The molecule has 1 rings (SSSR count). The lowest BCUT2D eigenvalue weighted by atomic mass is 10.2. The smallest absolute Gasteiger partial charge is 0.251 e. The van der Waals surface area contributed by atoms with Gasteiger partial charge in [0, 0.05) is 7.05 Å². The zero-order valence-corrected chi connectivity index (χ0v) is 10.3. The summed E-state index contributed by atoms with van der Waals surface area (Å²) in [5.74, 6) is 0. The van der Waals surface area contributed by atoms with Crippen LogP contribution in [0.5, 0.6) is 0 Å². The fourth-order valence-corrected chi connectivity index (χ4v) is 2.22. The van der Waals surface area contributed by atoms with E-state index < -0.39 is 15.3 Å². The van der Waals surface area contributed by atoms with Crippen molar-refractivity contribution in [2.75, 3.05) is 11.4 Å². The van der Waals surface area contributed by atoms with E-state index in [-0.39, 0.29) is 0 Å². The molecule has 0 aromatic heterocycles. The molecular formula is C11H11N3O2S. The van der Waals surface area contributed by atoms with Crippen molar-refractivity contribution >= 4 is 15.7 Å². The third-order valence-electron chi connectivity index (χ3n) is 2.37. The third kappa shape index (κ3) is 2.55. The third-order valence-corrected chi connectivity index (χ3v) is 4.34. The maximum atomic E-state index is 11.9. The standard InChI is InChI=1S/C11H11N3O2S/c1-9(7-12)17(15,16)14(2)11-5-3-10(8-13)4-6-11/h3-6,9H,1-2H3. The molecule has 1 unspecified atom stereocenters. The number of benzene rings is 1. The highest BCUT2D eigenvalue weighted by molar-refractivity contribution is 7.93. The Balaban J connectivity index is 3.10. The first kappa shape index (κ1) is 13.0. The van der Waals surface area contributed by atoms with Crippen molar-refractivity contribution in [2.45, 2.75) is 12.2 Å². The number of hydrogen-bond donors (Lipinski definition) is 0. The lowest BCUT2D eigenvalue weighted by molar-refractivity contribution is 0.590. The predicted molar refractivity (Wildman–Crippen MR) is 63.6 cm³/mol. The predicted octanol–water partition coefficient (Wildman–Crippen LogP) is 1.24. The van der Waals surface area contributed by atoms with Gasteiger partial charge >= 0.3 is 0 Å². The molecule has 0 aliphatic heterocycles. The van der Waals surface area contributed by atoms with Crippen LogP contribution < -0.4 is 4.31 Å². The SMILES string of the molecule is CC(C#N)S(=O)(=O)N(C)c1ccc(C#N)cc1. The molecule has 17 heavy (non-hydrogen) atoms. The molecular weight excluding hydrogens is 238 g/mol. The normalized spacial score (nSPS) is 12.2. The minimum atomic E-state index is -3.67. The molecule has 0 saturated carbocycles. The molecule has 88 valence electrons. The Bertz CT molecular complexity index is 579. The van der Waals surface area contributed by atoms with Crippen molar-refractivity contribution in [3.63, 3.8) is 0 Å². The largest absolute Gasteiger partial charge is 0.272 e. The van der Waals surface area contributed by atoms with Crippen molar-refractivity contribution in [3.8, 4) is 12.1 Å². The van der Waals surface area contributed by atoms with Gasteiger partial charge in [-0.1, -0.05) is 0 Å². The van der Waals surface area contributed by atoms with Crippen LogP contribution in [0.15, 0.2) is 24.3 Å². The van der Waals surface area contributed by atoms with Crippen LogP contribution in [0.2, 0.25) is 0 Å². The Hall–Kier alpha value is -2.05. The van der Waals surface area contributed by atoms with Gasteiger partial charge in [0.15, 0.2) is 5.25 Å². The monoisotopic (exact) mass is 249 g/mol. The Labute approximate surface area is 101 Å². The molecule has 0 bridgehead atoms. The minimum Gasteiger partial charge on any atom is -0.272 e. The van der Waals surface area contributed by atoms with E-state index in [2.05, 4.69) is 0 Å². The van der Waals surface area contributed by atoms with Gasteiger partial charge in [0.25, 0.3) is 10.0 Å². The van der Waals surface area contributed by atoms with Crippen LogP contribution in [0.25, 0.3) is 0 Å². The maximum absolute atomic E-state index is 11.9. The molecule has 0 heterocycles. The number of rotatable bonds is 3. The molecule has 0 amide bonds. The highest BCUT2D eigenvalue weighted by Crippen LogP contribution is 2.19. The molecule has 0 N–H and O–H groups in total. The van der Waals surface area contributed by atoms with Crippen LogP contribution in [0.1, 0.15) is 12.5 Å². The second-order valence-corrected chi connectivity index (χ2v) is 5.73. The van der Waals surface area contributed by atoms with Gasteiger partial charge in [0.2, 0.25) is 0 Å². The molecule has 0 aliphatic carbocycles. The summed E-state index contributed by atoms with van der Waals surface area (Å²) < 4.78 is 24.8. The van der Waals surface area contributed by atoms with Crippen molar-refractivity contribution in [2.24, 2.45) is 0 Å². The maximum Gasteiger partial charge on any atom is 0.251 e. The summed E-state index contributed by atoms with van der Waals surface area (Å²) in [5, 5.41) is 16.2.